The van der Waals surface area contributed by atoms with E-state index in [1.54, 1.807) is 0 Å². The molecule has 154 valence electrons. The molecule has 0 bridgehead atoms. The molecular weight excluding hydrogens is 396 g/mol. The van der Waals surface area contributed by atoms with Crippen molar-refractivity contribution in [3.8, 4) is 22.8 Å². The van der Waals surface area contributed by atoms with Crippen LogP contribution in [0.5, 0.6) is 0 Å². The first-order valence-electron chi connectivity index (χ1n) is 10.6. The molecule has 0 unspecified atom stereocenters. The molecule has 0 amide bonds. The van der Waals surface area contributed by atoms with Crippen LogP contribution in [0.1, 0.15) is 23.3 Å². The quantitative estimate of drug-likeness (QED) is 0.346. The lowest BCUT2D eigenvalue weighted by Gasteiger charge is -2.15. The SMILES string of the molecule is Cc1nc(C)nc(-c2ccc3ccc4c(-c5nc(C)nc(C)n5)ccc5ccc2c3c54)n1. The Morgan fingerprint density at radius 2 is 0.750 bits per heavy atom. The van der Waals surface area contributed by atoms with Crippen molar-refractivity contribution in [2.75, 3.05) is 0 Å². The fourth-order valence-corrected chi connectivity index (χ4v) is 4.66. The molecule has 6 nitrogen and oxygen atoms in total. The summed E-state index contributed by atoms with van der Waals surface area (Å²) in [5, 5.41) is 7.04. The first kappa shape index (κ1) is 18.7. The molecule has 2 heterocycles. The fourth-order valence-electron chi connectivity index (χ4n) is 4.66. The number of nitrogens with zero attached hydrogens (tertiary/aromatic N) is 6. The maximum Gasteiger partial charge on any atom is 0.163 e. The molecule has 4 aromatic carbocycles. The van der Waals surface area contributed by atoms with Crippen molar-refractivity contribution in [3.63, 3.8) is 0 Å². The Morgan fingerprint density at radius 1 is 0.406 bits per heavy atom. The maximum atomic E-state index is 4.62. The van der Waals surface area contributed by atoms with Crippen LogP contribution < -0.4 is 0 Å². The van der Waals surface area contributed by atoms with Gasteiger partial charge in [-0.15, -0.1) is 0 Å². The zero-order chi connectivity index (χ0) is 22.0. The number of hydrogen-bond donors (Lipinski definition) is 0. The molecule has 32 heavy (non-hydrogen) atoms. The van der Waals surface area contributed by atoms with Gasteiger partial charge in [0, 0.05) is 11.1 Å². The first-order chi connectivity index (χ1) is 15.5. The van der Waals surface area contributed by atoms with Crippen LogP contribution in [0.15, 0.2) is 48.5 Å². The molecule has 0 radical (unpaired) electrons. The Kier molecular flexibility index (Phi) is 3.92. The van der Waals surface area contributed by atoms with Crippen molar-refractivity contribution < 1.29 is 0 Å². The smallest absolute Gasteiger partial charge is 0.163 e. The third-order valence-corrected chi connectivity index (χ3v) is 5.86. The summed E-state index contributed by atoms with van der Waals surface area (Å²) >= 11 is 0. The summed E-state index contributed by atoms with van der Waals surface area (Å²) in [6.07, 6.45) is 0. The van der Waals surface area contributed by atoms with Gasteiger partial charge in [-0.1, -0.05) is 36.4 Å². The van der Waals surface area contributed by atoms with E-state index in [4.69, 9.17) is 0 Å². The zero-order valence-electron chi connectivity index (χ0n) is 18.3. The van der Waals surface area contributed by atoms with Gasteiger partial charge in [0.15, 0.2) is 11.6 Å². The minimum atomic E-state index is 0.705. The summed E-state index contributed by atoms with van der Waals surface area (Å²) in [6.45, 7) is 7.61. The number of hydrogen-bond acceptors (Lipinski definition) is 6. The van der Waals surface area contributed by atoms with Gasteiger partial charge in [-0.2, -0.15) is 0 Å². The van der Waals surface area contributed by atoms with Gasteiger partial charge in [0.2, 0.25) is 0 Å². The number of rotatable bonds is 2. The second kappa shape index (κ2) is 6.72. The molecule has 6 aromatic rings. The third-order valence-electron chi connectivity index (χ3n) is 5.86. The molecule has 0 saturated carbocycles. The highest BCUT2D eigenvalue weighted by molar-refractivity contribution is 6.27. The zero-order valence-corrected chi connectivity index (χ0v) is 18.3. The van der Waals surface area contributed by atoms with Crippen molar-refractivity contribution in [1.29, 1.82) is 0 Å². The highest BCUT2D eigenvalue weighted by Gasteiger charge is 2.17. The van der Waals surface area contributed by atoms with Crippen LogP contribution >= 0.6 is 0 Å². The van der Waals surface area contributed by atoms with Crippen molar-refractivity contribution in [3.05, 3.63) is 71.8 Å². The summed E-state index contributed by atoms with van der Waals surface area (Å²) in [4.78, 5) is 27.2. The van der Waals surface area contributed by atoms with Crippen molar-refractivity contribution in [2.45, 2.75) is 27.7 Å². The lowest BCUT2D eigenvalue weighted by Crippen LogP contribution is -2.00. The lowest BCUT2D eigenvalue weighted by molar-refractivity contribution is 0.929. The van der Waals surface area contributed by atoms with Gasteiger partial charge < -0.3 is 0 Å². The lowest BCUT2D eigenvalue weighted by atomic mass is 9.89. The van der Waals surface area contributed by atoms with E-state index < -0.39 is 0 Å². The van der Waals surface area contributed by atoms with Crippen LogP contribution in [0.4, 0.5) is 0 Å². The summed E-state index contributed by atoms with van der Waals surface area (Å²) in [7, 11) is 0. The molecule has 0 saturated heterocycles. The molecular formula is C26H20N6. The number of benzene rings is 4. The minimum absolute atomic E-state index is 0.705. The van der Waals surface area contributed by atoms with E-state index >= 15 is 0 Å². The summed E-state index contributed by atoms with van der Waals surface area (Å²) in [5.41, 5.74) is 2.02. The summed E-state index contributed by atoms with van der Waals surface area (Å²) < 4.78 is 0. The van der Waals surface area contributed by atoms with Gasteiger partial charge in [0.25, 0.3) is 0 Å². The van der Waals surface area contributed by atoms with Crippen LogP contribution in [0.25, 0.3) is 55.1 Å². The molecule has 0 aliphatic heterocycles. The van der Waals surface area contributed by atoms with E-state index in [1.807, 2.05) is 27.7 Å². The van der Waals surface area contributed by atoms with Crippen LogP contribution in [-0.4, -0.2) is 29.9 Å². The van der Waals surface area contributed by atoms with Gasteiger partial charge in [0.05, 0.1) is 0 Å². The molecule has 6 rings (SSSR count). The summed E-state index contributed by atoms with van der Waals surface area (Å²) in [5.74, 6) is 4.30. The Bertz CT molecular complexity index is 1510. The molecule has 0 aliphatic carbocycles. The molecule has 0 N–H and O–H groups in total. The second-order valence-corrected chi connectivity index (χ2v) is 8.16. The highest BCUT2D eigenvalue weighted by atomic mass is 15.0. The van der Waals surface area contributed by atoms with E-state index in [2.05, 4.69) is 78.4 Å². The Hall–Kier alpha value is -4.06. The Balaban J connectivity index is 1.72. The van der Waals surface area contributed by atoms with E-state index in [1.165, 1.54) is 21.5 Å². The minimum Gasteiger partial charge on any atom is -0.219 e. The van der Waals surface area contributed by atoms with Crippen LogP contribution in [0.2, 0.25) is 0 Å². The standard InChI is InChI=1S/C26H20N6/c1-13-27-14(2)30-25(29-13)21-11-7-17-6-10-20-22(26-31-15(3)28-16(4)32-26)12-8-18-5-9-19(21)23(17)24(18)20/h5-12H,1-4H3. The average Bonchev–Trinajstić information content (AvgIpc) is 2.75. The van der Waals surface area contributed by atoms with Crippen LogP contribution in [-0.2, 0) is 0 Å². The topological polar surface area (TPSA) is 77.3 Å². The van der Waals surface area contributed by atoms with Gasteiger partial charge in [-0.05, 0) is 72.1 Å². The van der Waals surface area contributed by atoms with Gasteiger partial charge in [0.1, 0.15) is 23.3 Å². The van der Waals surface area contributed by atoms with Crippen LogP contribution in [0, 0.1) is 27.7 Å². The van der Waals surface area contributed by atoms with E-state index in [0.717, 1.165) is 45.2 Å². The molecule has 0 fully saturated rings. The number of aryl methyl sites for hydroxylation is 4. The monoisotopic (exact) mass is 416 g/mol. The molecule has 0 aliphatic rings. The molecule has 2 aromatic heterocycles. The average molecular weight is 416 g/mol. The predicted octanol–water partition coefficient (Wildman–Crippen LogP) is 5.52. The third kappa shape index (κ3) is 2.80. The van der Waals surface area contributed by atoms with E-state index in [-0.39, 0.29) is 0 Å². The second-order valence-electron chi connectivity index (χ2n) is 8.16. The highest BCUT2D eigenvalue weighted by Crippen LogP contribution is 2.41. The van der Waals surface area contributed by atoms with Crippen LogP contribution in [0.3, 0.4) is 0 Å². The van der Waals surface area contributed by atoms with Crippen molar-refractivity contribution >= 4 is 32.3 Å². The first-order valence-corrected chi connectivity index (χ1v) is 10.6. The van der Waals surface area contributed by atoms with E-state index in [9.17, 15) is 0 Å². The molecule has 6 heteroatoms. The Morgan fingerprint density at radius 3 is 1.12 bits per heavy atom. The predicted molar refractivity (Wildman–Crippen MR) is 127 cm³/mol. The Labute approximate surface area is 184 Å². The normalized spacial score (nSPS) is 11.8. The van der Waals surface area contributed by atoms with Gasteiger partial charge in [-0.3, -0.25) is 0 Å². The maximum absolute atomic E-state index is 4.62. The van der Waals surface area contributed by atoms with E-state index in [0.29, 0.717) is 11.6 Å². The van der Waals surface area contributed by atoms with Crippen molar-refractivity contribution in [2.24, 2.45) is 0 Å². The van der Waals surface area contributed by atoms with Crippen molar-refractivity contribution in [1.82, 2.24) is 29.9 Å². The summed E-state index contributed by atoms with van der Waals surface area (Å²) in [6, 6.07) is 17.2. The van der Waals surface area contributed by atoms with Gasteiger partial charge in [-0.25, -0.2) is 29.9 Å². The molecule has 0 atom stereocenters. The largest absolute Gasteiger partial charge is 0.219 e. The fraction of sp³-hybridized carbons (Fsp3) is 0.154. The van der Waals surface area contributed by atoms with Gasteiger partial charge >= 0.3 is 0 Å². The molecule has 0 spiro atoms. The number of aromatic nitrogens is 6.